The number of rotatable bonds is 4. The van der Waals surface area contributed by atoms with Gasteiger partial charge in [0.1, 0.15) is 0 Å². The Morgan fingerprint density at radius 2 is 1.79 bits per heavy atom. The Bertz CT molecular complexity index is 1560. The molecule has 1 spiro atoms. The van der Waals surface area contributed by atoms with E-state index in [0.29, 0.717) is 36.5 Å². The molecule has 1 aromatic heterocycles. The number of piperidine rings is 1. The van der Waals surface area contributed by atoms with Crippen LogP contribution < -0.4 is 0 Å². The van der Waals surface area contributed by atoms with E-state index < -0.39 is 9.84 Å². The van der Waals surface area contributed by atoms with Crippen LogP contribution in [0.2, 0.25) is 5.02 Å². The number of carbonyl (C=O) groups is 1. The summed E-state index contributed by atoms with van der Waals surface area (Å²) in [5, 5.41) is 4.99. The molecule has 0 radical (unpaired) electrons. The maximum absolute atomic E-state index is 13.9. The first-order valence-corrected chi connectivity index (χ1v) is 15.8. The highest BCUT2D eigenvalue weighted by atomic mass is 35.5. The molecular formula is C29H31ClN4O4S. The molecule has 1 aliphatic carbocycles. The van der Waals surface area contributed by atoms with Crippen molar-refractivity contribution in [2.24, 2.45) is 0 Å². The summed E-state index contributed by atoms with van der Waals surface area (Å²) in [6.07, 6.45) is 5.65. The molecule has 3 aromatic rings. The summed E-state index contributed by atoms with van der Waals surface area (Å²) >= 11 is 6.43. The van der Waals surface area contributed by atoms with Gasteiger partial charge < -0.3 is 9.64 Å². The molecular weight excluding hydrogens is 536 g/mol. The van der Waals surface area contributed by atoms with Gasteiger partial charge in [0.15, 0.2) is 15.5 Å². The molecule has 8 nitrogen and oxygen atoms in total. The van der Waals surface area contributed by atoms with E-state index in [1.54, 1.807) is 27.8 Å². The minimum absolute atomic E-state index is 0.101. The van der Waals surface area contributed by atoms with Gasteiger partial charge in [0.25, 0.3) is 5.91 Å². The van der Waals surface area contributed by atoms with Gasteiger partial charge in [0.2, 0.25) is 0 Å². The van der Waals surface area contributed by atoms with Gasteiger partial charge >= 0.3 is 0 Å². The normalized spacial score (nSPS) is 21.4. The minimum Gasteiger partial charge on any atom is -0.371 e. The number of benzene rings is 2. The monoisotopic (exact) mass is 566 g/mol. The molecule has 3 aliphatic heterocycles. The summed E-state index contributed by atoms with van der Waals surface area (Å²) in [6, 6.07) is 13.3. The Kier molecular flexibility index (Phi) is 6.11. The van der Waals surface area contributed by atoms with Gasteiger partial charge in [-0.05, 0) is 62.5 Å². The molecule has 0 atom stereocenters. The first-order valence-electron chi connectivity index (χ1n) is 13.7. The summed E-state index contributed by atoms with van der Waals surface area (Å²) in [7, 11) is -3.76. The standard InChI is InChI=1S/C29H31ClN4O4S/c30-24-6-4-5-22-26-23(18-39(36,37)27(22)24)25(28(35)33-15-16-38-29(19-33)11-12-29)31-34(26)21-9-7-20(8-10-21)17-32-13-2-1-3-14-32/h4-10H,1-3,11-19H2. The van der Waals surface area contributed by atoms with Crippen molar-refractivity contribution in [1.29, 1.82) is 0 Å². The van der Waals surface area contributed by atoms with E-state index in [-0.39, 0.29) is 32.9 Å². The quantitative estimate of drug-likeness (QED) is 0.463. The predicted molar refractivity (Wildman–Crippen MR) is 148 cm³/mol. The first kappa shape index (κ1) is 25.3. The summed E-state index contributed by atoms with van der Waals surface area (Å²) in [5.74, 6) is -0.565. The van der Waals surface area contributed by atoms with Crippen molar-refractivity contribution in [3.8, 4) is 16.9 Å². The second-order valence-electron chi connectivity index (χ2n) is 11.2. The average molecular weight is 567 g/mol. The van der Waals surface area contributed by atoms with E-state index in [4.69, 9.17) is 21.4 Å². The lowest BCUT2D eigenvalue weighted by Crippen LogP contribution is -2.47. The SMILES string of the molecule is O=C(c1nn(-c2ccc(CN3CCCCC3)cc2)c2c1CS(=O)(=O)c1c(Cl)cccc1-2)N1CCOC2(CC2)C1. The van der Waals surface area contributed by atoms with Gasteiger partial charge in [0, 0.05) is 24.2 Å². The third-order valence-corrected chi connectivity index (χ3v) is 10.6. The first-order chi connectivity index (χ1) is 18.8. The Labute approximate surface area is 233 Å². The second-order valence-corrected chi connectivity index (χ2v) is 13.6. The molecule has 39 heavy (non-hydrogen) atoms. The van der Waals surface area contributed by atoms with Crippen LogP contribution in [0, 0.1) is 0 Å². The Morgan fingerprint density at radius 3 is 2.54 bits per heavy atom. The predicted octanol–water partition coefficient (Wildman–Crippen LogP) is 4.47. The summed E-state index contributed by atoms with van der Waals surface area (Å²) in [6.45, 7) is 4.58. The van der Waals surface area contributed by atoms with Crippen molar-refractivity contribution in [3.63, 3.8) is 0 Å². The number of hydrogen-bond acceptors (Lipinski definition) is 6. The van der Waals surface area contributed by atoms with Crippen LogP contribution >= 0.6 is 11.6 Å². The molecule has 4 heterocycles. The number of aromatic nitrogens is 2. The number of amides is 1. The topological polar surface area (TPSA) is 84.7 Å². The molecule has 0 bridgehead atoms. The molecule has 10 heteroatoms. The largest absolute Gasteiger partial charge is 0.371 e. The number of morpholine rings is 1. The van der Waals surface area contributed by atoms with Crippen LogP contribution in [0.25, 0.3) is 16.9 Å². The van der Waals surface area contributed by atoms with Crippen LogP contribution in [-0.4, -0.2) is 72.3 Å². The number of sulfone groups is 1. The van der Waals surface area contributed by atoms with Gasteiger partial charge in [-0.2, -0.15) is 5.10 Å². The molecule has 0 N–H and O–H groups in total. The van der Waals surface area contributed by atoms with Crippen molar-refractivity contribution >= 4 is 27.3 Å². The smallest absolute Gasteiger partial charge is 0.274 e. The second kappa shape index (κ2) is 9.44. The minimum atomic E-state index is -3.76. The zero-order valence-electron chi connectivity index (χ0n) is 21.7. The molecule has 3 fully saturated rings. The van der Waals surface area contributed by atoms with E-state index in [9.17, 15) is 13.2 Å². The molecule has 2 saturated heterocycles. The van der Waals surface area contributed by atoms with Gasteiger partial charge in [-0.25, -0.2) is 13.1 Å². The van der Waals surface area contributed by atoms with E-state index in [1.807, 2.05) is 12.1 Å². The number of carbonyl (C=O) groups excluding carboxylic acids is 1. The number of halogens is 1. The van der Waals surface area contributed by atoms with Crippen LogP contribution in [0.4, 0.5) is 0 Å². The third kappa shape index (κ3) is 4.49. The molecule has 1 saturated carbocycles. The number of likely N-dealkylation sites (tertiary alicyclic amines) is 1. The summed E-state index contributed by atoms with van der Waals surface area (Å²) in [4.78, 5) is 18.2. The Balaban J connectivity index is 1.31. The third-order valence-electron chi connectivity index (χ3n) is 8.43. The summed E-state index contributed by atoms with van der Waals surface area (Å²) in [5.41, 5.74) is 3.47. The fourth-order valence-electron chi connectivity index (χ4n) is 6.22. The van der Waals surface area contributed by atoms with Crippen LogP contribution in [0.3, 0.4) is 0 Å². The van der Waals surface area contributed by atoms with Crippen molar-refractivity contribution in [2.75, 3.05) is 32.8 Å². The maximum Gasteiger partial charge on any atom is 0.274 e. The lowest BCUT2D eigenvalue weighted by Gasteiger charge is -2.33. The number of fused-ring (bicyclic) bond motifs is 3. The van der Waals surface area contributed by atoms with Crippen molar-refractivity contribution < 1.29 is 17.9 Å². The number of hydrogen-bond donors (Lipinski definition) is 0. The van der Waals surface area contributed by atoms with Crippen molar-refractivity contribution in [3.05, 3.63) is 64.3 Å². The summed E-state index contributed by atoms with van der Waals surface area (Å²) < 4.78 is 34.5. The number of nitrogens with zero attached hydrogens (tertiary/aromatic N) is 4. The molecule has 7 rings (SSSR count). The lowest BCUT2D eigenvalue weighted by atomic mass is 10.0. The van der Waals surface area contributed by atoms with E-state index in [0.717, 1.165) is 38.2 Å². The van der Waals surface area contributed by atoms with Crippen molar-refractivity contribution in [1.82, 2.24) is 19.6 Å². The lowest BCUT2D eigenvalue weighted by molar-refractivity contribution is -0.0377. The van der Waals surface area contributed by atoms with Crippen molar-refractivity contribution in [2.45, 2.75) is 54.9 Å². The van der Waals surface area contributed by atoms with Crippen LogP contribution in [0.5, 0.6) is 0 Å². The van der Waals surface area contributed by atoms with Gasteiger partial charge in [-0.1, -0.05) is 42.3 Å². The van der Waals surface area contributed by atoms with Crippen LogP contribution in [0.1, 0.15) is 53.7 Å². The maximum atomic E-state index is 13.9. The Morgan fingerprint density at radius 1 is 1.03 bits per heavy atom. The van der Waals surface area contributed by atoms with E-state index in [1.165, 1.54) is 24.8 Å². The average Bonchev–Trinajstić information content (AvgIpc) is 3.56. The molecule has 1 amide bonds. The highest BCUT2D eigenvalue weighted by Crippen LogP contribution is 2.45. The fourth-order valence-corrected chi connectivity index (χ4v) is 8.41. The molecule has 2 aromatic carbocycles. The van der Waals surface area contributed by atoms with Gasteiger partial charge in [-0.3, -0.25) is 9.69 Å². The zero-order valence-corrected chi connectivity index (χ0v) is 23.3. The highest BCUT2D eigenvalue weighted by Gasteiger charge is 2.49. The Hall–Kier alpha value is -2.72. The zero-order chi connectivity index (χ0) is 26.8. The molecule has 4 aliphatic rings. The van der Waals surface area contributed by atoms with Gasteiger partial charge in [-0.15, -0.1) is 0 Å². The fraction of sp³-hybridized carbons (Fsp3) is 0.448. The number of ether oxygens (including phenoxy) is 1. The van der Waals surface area contributed by atoms with Gasteiger partial charge in [0.05, 0.1) is 45.8 Å². The highest BCUT2D eigenvalue weighted by molar-refractivity contribution is 7.91. The van der Waals surface area contributed by atoms with E-state index >= 15 is 0 Å². The molecule has 204 valence electrons. The molecule has 0 unspecified atom stereocenters. The van der Waals surface area contributed by atoms with E-state index in [2.05, 4.69) is 17.0 Å². The van der Waals surface area contributed by atoms with Crippen LogP contribution in [-0.2, 0) is 26.9 Å². The van der Waals surface area contributed by atoms with Crippen LogP contribution in [0.15, 0.2) is 47.4 Å².